The van der Waals surface area contributed by atoms with Crippen LogP contribution in [0.15, 0.2) is 29.2 Å². The SMILES string of the molecule is C=CCOCc1cc2c(C=O)cc(OC)c(OC)c2o1. The van der Waals surface area contributed by atoms with Crippen molar-refractivity contribution in [3.05, 3.63) is 36.1 Å². The summed E-state index contributed by atoms with van der Waals surface area (Å²) < 4.78 is 21.5. The number of furan rings is 1. The van der Waals surface area contributed by atoms with E-state index in [1.807, 2.05) is 0 Å². The number of fused-ring (bicyclic) bond motifs is 1. The van der Waals surface area contributed by atoms with Gasteiger partial charge in [-0.2, -0.15) is 0 Å². The molecule has 1 heterocycles. The van der Waals surface area contributed by atoms with E-state index in [0.29, 0.717) is 47.0 Å². The van der Waals surface area contributed by atoms with Gasteiger partial charge in [0.05, 0.1) is 20.8 Å². The van der Waals surface area contributed by atoms with Crippen LogP contribution in [0.25, 0.3) is 11.0 Å². The molecule has 5 nitrogen and oxygen atoms in total. The van der Waals surface area contributed by atoms with Crippen LogP contribution in [0, 0.1) is 0 Å². The highest BCUT2D eigenvalue weighted by Gasteiger charge is 2.18. The Morgan fingerprint density at radius 3 is 2.70 bits per heavy atom. The van der Waals surface area contributed by atoms with E-state index in [-0.39, 0.29) is 0 Å². The van der Waals surface area contributed by atoms with Crippen LogP contribution in [0.5, 0.6) is 11.5 Å². The highest BCUT2D eigenvalue weighted by Crippen LogP contribution is 2.39. The second-order valence-corrected chi connectivity index (χ2v) is 4.08. The van der Waals surface area contributed by atoms with Gasteiger partial charge >= 0.3 is 0 Å². The van der Waals surface area contributed by atoms with Crippen LogP contribution in [-0.4, -0.2) is 27.1 Å². The van der Waals surface area contributed by atoms with Gasteiger partial charge in [-0.15, -0.1) is 6.58 Å². The molecule has 0 saturated carbocycles. The molecular weight excluding hydrogens is 260 g/mol. The molecule has 0 fully saturated rings. The second kappa shape index (κ2) is 6.25. The molecule has 0 N–H and O–H groups in total. The van der Waals surface area contributed by atoms with Crippen LogP contribution >= 0.6 is 0 Å². The topological polar surface area (TPSA) is 57.9 Å². The largest absolute Gasteiger partial charge is 0.493 e. The fourth-order valence-electron chi connectivity index (χ4n) is 1.98. The van der Waals surface area contributed by atoms with Gasteiger partial charge in [0, 0.05) is 10.9 Å². The predicted molar refractivity (Wildman–Crippen MR) is 74.6 cm³/mol. The lowest BCUT2D eigenvalue weighted by Gasteiger charge is -2.08. The van der Waals surface area contributed by atoms with Gasteiger partial charge in [-0.25, -0.2) is 0 Å². The minimum Gasteiger partial charge on any atom is -0.493 e. The fraction of sp³-hybridized carbons (Fsp3) is 0.267. The monoisotopic (exact) mass is 276 g/mol. The molecule has 0 radical (unpaired) electrons. The summed E-state index contributed by atoms with van der Waals surface area (Å²) in [5.74, 6) is 1.52. The Bertz CT molecular complexity index is 627. The van der Waals surface area contributed by atoms with E-state index in [0.717, 1.165) is 6.29 Å². The number of methoxy groups -OCH3 is 2. The number of aldehydes is 1. The zero-order valence-corrected chi connectivity index (χ0v) is 11.5. The van der Waals surface area contributed by atoms with Gasteiger partial charge in [0.2, 0.25) is 5.75 Å². The maximum absolute atomic E-state index is 11.2. The molecule has 1 aromatic heterocycles. The summed E-state index contributed by atoms with van der Waals surface area (Å²) in [5, 5.41) is 0.676. The van der Waals surface area contributed by atoms with Gasteiger partial charge in [0.15, 0.2) is 17.6 Å². The van der Waals surface area contributed by atoms with E-state index < -0.39 is 0 Å². The van der Waals surface area contributed by atoms with Crippen LogP contribution in [0.3, 0.4) is 0 Å². The number of benzene rings is 1. The van der Waals surface area contributed by atoms with Gasteiger partial charge in [-0.1, -0.05) is 6.08 Å². The minimum absolute atomic E-state index is 0.296. The van der Waals surface area contributed by atoms with Gasteiger partial charge in [-0.3, -0.25) is 4.79 Å². The van der Waals surface area contributed by atoms with Crippen molar-refractivity contribution >= 4 is 17.3 Å². The number of hydrogen-bond donors (Lipinski definition) is 0. The third-order valence-corrected chi connectivity index (χ3v) is 2.84. The van der Waals surface area contributed by atoms with Crippen LogP contribution < -0.4 is 9.47 Å². The Morgan fingerprint density at radius 1 is 1.30 bits per heavy atom. The Hall–Kier alpha value is -2.27. The average molecular weight is 276 g/mol. The van der Waals surface area contributed by atoms with Crippen molar-refractivity contribution in [3.63, 3.8) is 0 Å². The van der Waals surface area contributed by atoms with Crippen LogP contribution in [0.2, 0.25) is 0 Å². The Balaban J connectivity index is 2.52. The summed E-state index contributed by atoms with van der Waals surface area (Å²) in [7, 11) is 3.03. The smallest absolute Gasteiger partial charge is 0.204 e. The first-order valence-electron chi connectivity index (χ1n) is 6.06. The van der Waals surface area contributed by atoms with E-state index in [4.69, 9.17) is 18.6 Å². The molecule has 0 amide bonds. The first kappa shape index (κ1) is 14.1. The number of rotatable bonds is 7. The summed E-state index contributed by atoms with van der Waals surface area (Å²) >= 11 is 0. The molecule has 106 valence electrons. The standard InChI is InChI=1S/C15H16O5/c1-4-5-19-9-11-7-12-10(8-16)6-13(17-2)15(18-3)14(12)20-11/h4,6-8H,1,5,9H2,2-3H3. The number of ether oxygens (including phenoxy) is 3. The second-order valence-electron chi connectivity index (χ2n) is 4.08. The third-order valence-electron chi connectivity index (χ3n) is 2.84. The molecule has 0 aliphatic rings. The quantitative estimate of drug-likeness (QED) is 0.442. The summed E-state index contributed by atoms with van der Waals surface area (Å²) in [5.41, 5.74) is 0.961. The Labute approximate surface area is 116 Å². The minimum atomic E-state index is 0.296. The molecule has 0 spiro atoms. The van der Waals surface area contributed by atoms with Crippen LogP contribution in [0.1, 0.15) is 16.1 Å². The fourth-order valence-corrected chi connectivity index (χ4v) is 1.98. The molecule has 2 aromatic rings. The van der Waals surface area contributed by atoms with E-state index >= 15 is 0 Å². The van der Waals surface area contributed by atoms with E-state index in [1.165, 1.54) is 14.2 Å². The summed E-state index contributed by atoms with van der Waals surface area (Å²) in [6.45, 7) is 4.30. The molecule has 1 aromatic carbocycles. The molecule has 2 rings (SSSR count). The van der Waals surface area contributed by atoms with Gasteiger partial charge < -0.3 is 18.6 Å². The maximum atomic E-state index is 11.2. The lowest BCUT2D eigenvalue weighted by Crippen LogP contribution is -1.93. The average Bonchev–Trinajstić information content (AvgIpc) is 2.89. The first-order valence-corrected chi connectivity index (χ1v) is 6.06. The molecule has 20 heavy (non-hydrogen) atoms. The lowest BCUT2D eigenvalue weighted by molar-refractivity contribution is 0.112. The molecule has 0 saturated heterocycles. The third kappa shape index (κ3) is 2.53. The molecule has 0 aliphatic carbocycles. The van der Waals surface area contributed by atoms with Crippen molar-refractivity contribution in [3.8, 4) is 11.5 Å². The van der Waals surface area contributed by atoms with Crippen molar-refractivity contribution in [2.45, 2.75) is 6.61 Å². The summed E-state index contributed by atoms with van der Waals surface area (Å²) in [6.07, 6.45) is 2.41. The Morgan fingerprint density at radius 2 is 2.10 bits per heavy atom. The highest BCUT2D eigenvalue weighted by molar-refractivity contribution is 6.00. The van der Waals surface area contributed by atoms with Crippen molar-refractivity contribution in [2.24, 2.45) is 0 Å². The summed E-state index contributed by atoms with van der Waals surface area (Å²) in [6, 6.07) is 3.39. The number of carbonyl (C=O) groups excluding carboxylic acids is 1. The van der Waals surface area contributed by atoms with E-state index in [2.05, 4.69) is 6.58 Å². The van der Waals surface area contributed by atoms with Gasteiger partial charge in [-0.05, 0) is 12.1 Å². The van der Waals surface area contributed by atoms with E-state index in [1.54, 1.807) is 18.2 Å². The van der Waals surface area contributed by atoms with E-state index in [9.17, 15) is 4.79 Å². The molecule has 0 atom stereocenters. The maximum Gasteiger partial charge on any atom is 0.204 e. The van der Waals surface area contributed by atoms with Crippen molar-refractivity contribution in [1.29, 1.82) is 0 Å². The molecular formula is C15H16O5. The van der Waals surface area contributed by atoms with Gasteiger partial charge in [0.25, 0.3) is 0 Å². The van der Waals surface area contributed by atoms with Crippen molar-refractivity contribution < 1.29 is 23.4 Å². The molecule has 5 heteroatoms. The highest BCUT2D eigenvalue weighted by atomic mass is 16.5. The summed E-state index contributed by atoms with van der Waals surface area (Å²) in [4.78, 5) is 11.2. The van der Waals surface area contributed by atoms with Crippen LogP contribution in [0.4, 0.5) is 0 Å². The van der Waals surface area contributed by atoms with Gasteiger partial charge in [0.1, 0.15) is 12.4 Å². The van der Waals surface area contributed by atoms with Crippen molar-refractivity contribution in [1.82, 2.24) is 0 Å². The molecule has 0 aliphatic heterocycles. The zero-order chi connectivity index (χ0) is 14.5. The predicted octanol–water partition coefficient (Wildman–Crippen LogP) is 2.97. The number of hydrogen-bond acceptors (Lipinski definition) is 5. The molecule has 0 bridgehead atoms. The zero-order valence-electron chi connectivity index (χ0n) is 11.5. The lowest BCUT2D eigenvalue weighted by atomic mass is 10.1. The first-order chi connectivity index (χ1) is 9.74. The number of carbonyl (C=O) groups is 1. The normalized spacial score (nSPS) is 10.5. The molecule has 0 unspecified atom stereocenters. The van der Waals surface area contributed by atoms with Crippen LogP contribution in [-0.2, 0) is 11.3 Å². The Kier molecular flexibility index (Phi) is 4.42. The van der Waals surface area contributed by atoms with Crippen molar-refractivity contribution in [2.75, 3.05) is 20.8 Å².